The molecule has 9 heteroatoms. The van der Waals surface area contributed by atoms with Crippen molar-refractivity contribution in [3.8, 4) is 0 Å². The van der Waals surface area contributed by atoms with Crippen LogP contribution in [0.5, 0.6) is 0 Å². The highest BCUT2D eigenvalue weighted by molar-refractivity contribution is 6.30. The van der Waals surface area contributed by atoms with Gasteiger partial charge in [0.15, 0.2) is 0 Å². The third kappa shape index (κ3) is 8.48. The van der Waals surface area contributed by atoms with Crippen LogP contribution >= 0.6 is 11.6 Å². The lowest BCUT2D eigenvalue weighted by Gasteiger charge is -2.26. The van der Waals surface area contributed by atoms with Gasteiger partial charge in [-0.1, -0.05) is 35.9 Å². The molecule has 3 rings (SSSR count). The molecule has 0 spiro atoms. The monoisotopic (exact) mass is 517 g/mol. The van der Waals surface area contributed by atoms with Crippen LogP contribution in [0.3, 0.4) is 0 Å². The van der Waals surface area contributed by atoms with Crippen molar-refractivity contribution < 1.29 is 24.2 Å². The number of carboxylic acid groups (broad SMARTS) is 1. The molecule has 1 aliphatic rings. The minimum absolute atomic E-state index is 0.160. The molecule has 2 aromatic rings. The summed E-state index contributed by atoms with van der Waals surface area (Å²) in [5.41, 5.74) is 2.14. The molecule has 3 N–H and O–H groups in total. The number of rotatable bonds is 12. The van der Waals surface area contributed by atoms with Crippen molar-refractivity contribution in [3.63, 3.8) is 0 Å². The molecule has 2 aromatic carbocycles. The van der Waals surface area contributed by atoms with E-state index < -0.39 is 12.2 Å². The molecule has 0 unspecified atom stereocenters. The zero-order valence-corrected chi connectivity index (χ0v) is 21.7. The highest BCUT2D eigenvalue weighted by Crippen LogP contribution is 2.28. The summed E-state index contributed by atoms with van der Waals surface area (Å²) in [6.07, 6.45) is 1.67. The van der Waals surface area contributed by atoms with E-state index in [0.29, 0.717) is 23.0 Å². The second-order valence-corrected chi connectivity index (χ2v) is 9.59. The average Bonchev–Trinajstić information content (AvgIpc) is 2.89. The van der Waals surface area contributed by atoms with E-state index in [1.807, 2.05) is 43.4 Å². The molecule has 36 heavy (non-hydrogen) atoms. The third-order valence-electron chi connectivity index (χ3n) is 6.43. The molecule has 8 nitrogen and oxygen atoms in total. The predicted molar refractivity (Wildman–Crippen MR) is 140 cm³/mol. The first-order chi connectivity index (χ1) is 17.4. The molecule has 1 fully saturated rings. The summed E-state index contributed by atoms with van der Waals surface area (Å²) >= 11 is 6.22. The number of halogens is 1. The Bertz CT molecular complexity index is 999. The summed E-state index contributed by atoms with van der Waals surface area (Å²) in [6, 6.07) is 14.8. The predicted octanol–water partition coefficient (Wildman–Crippen LogP) is 4.19. The average molecular weight is 518 g/mol. The van der Waals surface area contributed by atoms with E-state index in [4.69, 9.17) is 26.2 Å². The van der Waals surface area contributed by atoms with E-state index in [1.165, 1.54) is 7.05 Å². The van der Waals surface area contributed by atoms with Gasteiger partial charge in [-0.15, -0.1) is 0 Å². The summed E-state index contributed by atoms with van der Waals surface area (Å²) in [5.74, 6) is 0.347. The zero-order chi connectivity index (χ0) is 25.9. The molecular formula is C27H36ClN3O5. The summed E-state index contributed by atoms with van der Waals surface area (Å²) in [6.45, 7) is 2.53. The van der Waals surface area contributed by atoms with Gasteiger partial charge >= 0.3 is 6.09 Å². The van der Waals surface area contributed by atoms with Gasteiger partial charge < -0.3 is 30.1 Å². The van der Waals surface area contributed by atoms with Crippen LogP contribution in [0.15, 0.2) is 48.5 Å². The van der Waals surface area contributed by atoms with Crippen LogP contribution in [-0.2, 0) is 9.47 Å². The zero-order valence-electron chi connectivity index (χ0n) is 20.9. The number of hydrogen-bond acceptors (Lipinski definition) is 5. The van der Waals surface area contributed by atoms with Gasteiger partial charge in [-0.25, -0.2) is 4.79 Å². The maximum Gasteiger partial charge on any atom is 0.407 e. The number of nitrogens with zero attached hydrogens (tertiary/aromatic N) is 1. The Balaban J connectivity index is 1.68. The smallest absolute Gasteiger partial charge is 0.407 e. The number of ether oxygens (including phenoxy) is 2. The number of amides is 2. The molecule has 1 aliphatic heterocycles. The van der Waals surface area contributed by atoms with Gasteiger partial charge in [0.05, 0.1) is 6.61 Å². The quantitative estimate of drug-likeness (QED) is 0.390. The number of carbonyl (C=O) groups is 2. The van der Waals surface area contributed by atoms with Crippen molar-refractivity contribution in [1.29, 1.82) is 0 Å². The van der Waals surface area contributed by atoms with E-state index >= 15 is 0 Å². The Morgan fingerprint density at radius 3 is 2.64 bits per heavy atom. The fourth-order valence-corrected chi connectivity index (χ4v) is 4.52. The maximum absolute atomic E-state index is 13.0. The molecule has 2 amide bonds. The van der Waals surface area contributed by atoms with E-state index in [1.54, 1.807) is 12.1 Å². The second-order valence-electron chi connectivity index (χ2n) is 9.15. The van der Waals surface area contributed by atoms with Gasteiger partial charge in [0.2, 0.25) is 0 Å². The van der Waals surface area contributed by atoms with Crippen molar-refractivity contribution in [2.24, 2.45) is 5.92 Å². The summed E-state index contributed by atoms with van der Waals surface area (Å²) in [7, 11) is 3.40. The third-order valence-corrected chi connectivity index (χ3v) is 6.67. The lowest BCUT2D eigenvalue weighted by molar-refractivity contribution is 0.0478. The van der Waals surface area contributed by atoms with Crippen LogP contribution in [0, 0.1) is 5.92 Å². The molecule has 0 radical (unpaired) electrons. The van der Waals surface area contributed by atoms with Gasteiger partial charge in [-0.3, -0.25) is 4.79 Å². The Hall–Kier alpha value is -2.65. The number of hydrogen-bond donors (Lipinski definition) is 3. The summed E-state index contributed by atoms with van der Waals surface area (Å²) in [4.78, 5) is 25.3. The molecule has 0 bridgehead atoms. The van der Waals surface area contributed by atoms with Crippen molar-refractivity contribution in [2.75, 3.05) is 47.0 Å². The number of nitrogens with one attached hydrogen (secondary N) is 2. The lowest BCUT2D eigenvalue weighted by atomic mass is 9.94. The first kappa shape index (κ1) is 27.9. The fraction of sp³-hybridized carbons (Fsp3) is 0.481. The molecule has 1 saturated heterocycles. The molecular weight excluding hydrogens is 482 g/mol. The van der Waals surface area contributed by atoms with Gasteiger partial charge in [-0.05, 0) is 67.6 Å². The Morgan fingerprint density at radius 2 is 1.97 bits per heavy atom. The first-order valence-electron chi connectivity index (χ1n) is 12.3. The Morgan fingerprint density at radius 1 is 1.22 bits per heavy atom. The van der Waals surface area contributed by atoms with Crippen molar-refractivity contribution in [3.05, 3.63) is 70.2 Å². The highest BCUT2D eigenvalue weighted by Gasteiger charge is 2.21. The van der Waals surface area contributed by atoms with Crippen LogP contribution < -0.4 is 10.6 Å². The molecule has 0 aromatic heterocycles. The standard InChI is InChI=1S/C27H36ClN3O5/c1-29-24(14-19-6-5-12-35-18-19)17-30-26(32)22-9-3-7-20(15-22)25(21-8-4-10-23(28)16-21)36-13-11-31(2)27(33)34/h3-4,7-10,15-16,19,24-25,29H,5-6,11-14,17-18H2,1-2H3,(H,30,32)(H,33,34)/t19-,24+,25-/m1/s1. The first-order valence-corrected chi connectivity index (χ1v) is 12.7. The van der Waals surface area contributed by atoms with Crippen LogP contribution in [0.2, 0.25) is 5.02 Å². The number of benzene rings is 2. The van der Waals surface area contributed by atoms with Crippen molar-refractivity contribution in [2.45, 2.75) is 31.4 Å². The van der Waals surface area contributed by atoms with E-state index in [9.17, 15) is 9.59 Å². The van der Waals surface area contributed by atoms with Gasteiger partial charge in [-0.2, -0.15) is 0 Å². The van der Waals surface area contributed by atoms with Gasteiger partial charge in [0.1, 0.15) is 6.10 Å². The summed E-state index contributed by atoms with van der Waals surface area (Å²) < 4.78 is 11.7. The lowest BCUT2D eigenvalue weighted by Crippen LogP contribution is -2.41. The fourth-order valence-electron chi connectivity index (χ4n) is 4.32. The van der Waals surface area contributed by atoms with Crippen molar-refractivity contribution >= 4 is 23.6 Å². The Labute approximate surface area is 217 Å². The van der Waals surface area contributed by atoms with Crippen LogP contribution in [0.25, 0.3) is 0 Å². The van der Waals surface area contributed by atoms with E-state index in [2.05, 4.69) is 10.6 Å². The van der Waals surface area contributed by atoms with Crippen molar-refractivity contribution in [1.82, 2.24) is 15.5 Å². The second kappa shape index (κ2) is 14.2. The topological polar surface area (TPSA) is 100 Å². The summed E-state index contributed by atoms with van der Waals surface area (Å²) in [5, 5.41) is 16.0. The molecule has 1 heterocycles. The molecule has 0 saturated carbocycles. The van der Waals surface area contributed by atoms with E-state index in [0.717, 1.165) is 48.5 Å². The van der Waals surface area contributed by atoms with E-state index in [-0.39, 0.29) is 25.1 Å². The minimum Gasteiger partial charge on any atom is -0.465 e. The normalized spacial score (nSPS) is 17.2. The highest BCUT2D eigenvalue weighted by atomic mass is 35.5. The van der Waals surface area contributed by atoms with Gasteiger partial charge in [0, 0.05) is 50.0 Å². The number of carbonyl (C=O) groups excluding carboxylic acids is 1. The van der Waals surface area contributed by atoms with Gasteiger partial charge in [0.25, 0.3) is 5.91 Å². The SMILES string of the molecule is CN[C@H](CNC(=O)c1cccc([C@@H](OCCN(C)C(=O)O)c2cccc(Cl)c2)c1)C[C@H]1CCCOC1. The minimum atomic E-state index is -1.02. The maximum atomic E-state index is 13.0. The molecule has 3 atom stereocenters. The molecule has 196 valence electrons. The largest absolute Gasteiger partial charge is 0.465 e. The van der Waals surface area contributed by atoms with Crippen LogP contribution in [0.4, 0.5) is 4.79 Å². The van der Waals surface area contributed by atoms with Crippen LogP contribution in [-0.4, -0.2) is 75.1 Å². The van der Waals surface area contributed by atoms with Crippen LogP contribution in [0.1, 0.15) is 46.9 Å². The molecule has 0 aliphatic carbocycles. The number of likely N-dealkylation sites (N-methyl/N-ethyl adjacent to an activating group) is 2. The Kier molecular flexibility index (Phi) is 11.0.